The fourth-order valence-corrected chi connectivity index (χ4v) is 2.22. The fourth-order valence-electron chi connectivity index (χ4n) is 2.22. The van der Waals surface area contributed by atoms with Gasteiger partial charge in [-0.2, -0.15) is 0 Å². The maximum absolute atomic E-state index is 4.36. The van der Waals surface area contributed by atoms with Crippen LogP contribution in [0.3, 0.4) is 0 Å². The number of hydrogen-bond donors (Lipinski definition) is 2. The van der Waals surface area contributed by atoms with E-state index in [0.717, 1.165) is 18.6 Å². The molecule has 3 rings (SSSR count). The van der Waals surface area contributed by atoms with Gasteiger partial charge in [0.2, 0.25) is 0 Å². The van der Waals surface area contributed by atoms with Crippen molar-refractivity contribution in [3.8, 4) is 0 Å². The molecule has 0 radical (unpaired) electrons. The molecule has 3 heteroatoms. The van der Waals surface area contributed by atoms with Gasteiger partial charge in [-0.1, -0.05) is 18.2 Å². The summed E-state index contributed by atoms with van der Waals surface area (Å²) in [7, 11) is 0. The molecule has 1 aliphatic heterocycles. The number of para-hydroxylation sites is 1. The molecule has 0 amide bonds. The monoisotopic (exact) mass is 213 g/mol. The standard InChI is InChI=1S/C13H15N3/c1-2-4-12-11(3-1)13(6-8-15-12)16-10-5-7-14-9-10/h1-4,6,8,10,14H,5,7,9H2,(H,15,16)/t10-/m0/s1. The maximum atomic E-state index is 4.36. The highest BCUT2D eigenvalue weighted by molar-refractivity contribution is 5.90. The van der Waals surface area contributed by atoms with Crippen LogP contribution in [0.4, 0.5) is 5.69 Å². The normalized spacial score (nSPS) is 20.1. The van der Waals surface area contributed by atoms with Gasteiger partial charge in [-0.3, -0.25) is 4.98 Å². The Morgan fingerprint density at radius 2 is 2.19 bits per heavy atom. The van der Waals surface area contributed by atoms with E-state index in [1.54, 1.807) is 0 Å². The van der Waals surface area contributed by atoms with Gasteiger partial charge in [0.05, 0.1) is 5.52 Å². The molecular weight excluding hydrogens is 198 g/mol. The molecule has 0 bridgehead atoms. The summed E-state index contributed by atoms with van der Waals surface area (Å²) in [5, 5.41) is 8.15. The number of nitrogens with zero attached hydrogens (tertiary/aromatic N) is 1. The molecule has 16 heavy (non-hydrogen) atoms. The van der Waals surface area contributed by atoms with E-state index in [1.807, 2.05) is 18.3 Å². The van der Waals surface area contributed by atoms with Gasteiger partial charge in [0.1, 0.15) is 0 Å². The van der Waals surface area contributed by atoms with E-state index in [2.05, 4.69) is 33.8 Å². The number of nitrogens with one attached hydrogen (secondary N) is 2. The van der Waals surface area contributed by atoms with Crippen molar-refractivity contribution in [3.63, 3.8) is 0 Å². The molecule has 0 spiro atoms. The van der Waals surface area contributed by atoms with Crippen LogP contribution < -0.4 is 10.6 Å². The van der Waals surface area contributed by atoms with E-state index in [9.17, 15) is 0 Å². The first-order valence-electron chi connectivity index (χ1n) is 5.74. The van der Waals surface area contributed by atoms with Crippen LogP contribution in [-0.4, -0.2) is 24.1 Å². The zero-order chi connectivity index (χ0) is 10.8. The van der Waals surface area contributed by atoms with E-state index < -0.39 is 0 Å². The fraction of sp³-hybridized carbons (Fsp3) is 0.308. The van der Waals surface area contributed by atoms with Gasteiger partial charge in [0.15, 0.2) is 0 Å². The molecule has 1 aromatic carbocycles. The van der Waals surface area contributed by atoms with Crippen LogP contribution in [-0.2, 0) is 0 Å². The van der Waals surface area contributed by atoms with Crippen LogP contribution in [0.5, 0.6) is 0 Å². The molecular formula is C13H15N3. The topological polar surface area (TPSA) is 37.0 Å². The summed E-state index contributed by atoms with van der Waals surface area (Å²) in [5.41, 5.74) is 2.25. The summed E-state index contributed by atoms with van der Waals surface area (Å²) >= 11 is 0. The van der Waals surface area contributed by atoms with Crippen LogP contribution in [0.15, 0.2) is 36.5 Å². The van der Waals surface area contributed by atoms with Crippen LogP contribution in [0.1, 0.15) is 6.42 Å². The lowest BCUT2D eigenvalue weighted by Gasteiger charge is -2.14. The van der Waals surface area contributed by atoms with E-state index in [4.69, 9.17) is 0 Å². The van der Waals surface area contributed by atoms with Crippen molar-refractivity contribution in [1.29, 1.82) is 0 Å². The van der Waals surface area contributed by atoms with Gasteiger partial charge in [-0.05, 0) is 25.1 Å². The lowest BCUT2D eigenvalue weighted by Crippen LogP contribution is -2.22. The van der Waals surface area contributed by atoms with Crippen molar-refractivity contribution in [3.05, 3.63) is 36.5 Å². The zero-order valence-electron chi connectivity index (χ0n) is 9.11. The Labute approximate surface area is 94.9 Å². The lowest BCUT2D eigenvalue weighted by molar-refractivity contribution is 0.794. The van der Waals surface area contributed by atoms with Crippen molar-refractivity contribution in [2.45, 2.75) is 12.5 Å². The average molecular weight is 213 g/mol. The Kier molecular flexibility index (Phi) is 2.46. The summed E-state index contributed by atoms with van der Waals surface area (Å²) in [5.74, 6) is 0. The largest absolute Gasteiger partial charge is 0.380 e. The Balaban J connectivity index is 1.96. The Hall–Kier alpha value is -1.61. The molecule has 2 aromatic rings. The first-order valence-corrected chi connectivity index (χ1v) is 5.74. The second-order valence-corrected chi connectivity index (χ2v) is 4.21. The minimum atomic E-state index is 0.547. The number of fused-ring (bicyclic) bond motifs is 1. The van der Waals surface area contributed by atoms with E-state index in [-0.39, 0.29) is 0 Å². The predicted molar refractivity (Wildman–Crippen MR) is 66.6 cm³/mol. The van der Waals surface area contributed by atoms with E-state index in [1.165, 1.54) is 17.5 Å². The van der Waals surface area contributed by atoms with Gasteiger partial charge in [0, 0.05) is 29.9 Å². The third-order valence-electron chi connectivity index (χ3n) is 3.07. The molecule has 0 saturated carbocycles. The van der Waals surface area contributed by atoms with Gasteiger partial charge in [0.25, 0.3) is 0 Å². The van der Waals surface area contributed by atoms with Gasteiger partial charge in [-0.25, -0.2) is 0 Å². The first-order chi connectivity index (χ1) is 7.93. The Bertz CT molecular complexity index is 484. The lowest BCUT2D eigenvalue weighted by atomic mass is 10.1. The van der Waals surface area contributed by atoms with Crippen molar-refractivity contribution < 1.29 is 0 Å². The van der Waals surface area contributed by atoms with Crippen LogP contribution in [0.2, 0.25) is 0 Å². The highest BCUT2D eigenvalue weighted by atomic mass is 15.0. The molecule has 1 atom stereocenters. The van der Waals surface area contributed by atoms with Crippen molar-refractivity contribution in [1.82, 2.24) is 10.3 Å². The molecule has 2 heterocycles. The van der Waals surface area contributed by atoms with E-state index in [0.29, 0.717) is 6.04 Å². The van der Waals surface area contributed by atoms with Crippen molar-refractivity contribution in [2.75, 3.05) is 18.4 Å². The summed E-state index contributed by atoms with van der Waals surface area (Å²) in [4.78, 5) is 4.36. The highest BCUT2D eigenvalue weighted by Crippen LogP contribution is 2.22. The predicted octanol–water partition coefficient (Wildman–Crippen LogP) is 2.01. The van der Waals surface area contributed by atoms with Crippen LogP contribution >= 0.6 is 0 Å². The third kappa shape index (κ3) is 1.74. The number of anilines is 1. The molecule has 1 saturated heterocycles. The minimum Gasteiger partial charge on any atom is -0.380 e. The number of rotatable bonds is 2. The summed E-state index contributed by atoms with van der Waals surface area (Å²) in [6.07, 6.45) is 3.06. The molecule has 82 valence electrons. The summed E-state index contributed by atoms with van der Waals surface area (Å²) in [6.45, 7) is 2.16. The molecule has 1 aromatic heterocycles. The van der Waals surface area contributed by atoms with Gasteiger partial charge >= 0.3 is 0 Å². The smallest absolute Gasteiger partial charge is 0.0722 e. The second-order valence-electron chi connectivity index (χ2n) is 4.21. The molecule has 2 N–H and O–H groups in total. The molecule has 1 fully saturated rings. The number of aromatic nitrogens is 1. The third-order valence-corrected chi connectivity index (χ3v) is 3.07. The Morgan fingerprint density at radius 3 is 3.06 bits per heavy atom. The van der Waals surface area contributed by atoms with Gasteiger partial charge < -0.3 is 10.6 Å². The van der Waals surface area contributed by atoms with Crippen LogP contribution in [0.25, 0.3) is 10.9 Å². The SMILES string of the molecule is c1ccc2c(N[C@H]3CCNC3)ccnc2c1. The quantitative estimate of drug-likeness (QED) is 0.801. The van der Waals surface area contributed by atoms with Crippen molar-refractivity contribution >= 4 is 16.6 Å². The van der Waals surface area contributed by atoms with Crippen LogP contribution in [0, 0.1) is 0 Å². The first kappa shape index (κ1) is 9.60. The molecule has 0 unspecified atom stereocenters. The molecule has 1 aliphatic rings. The number of hydrogen-bond acceptors (Lipinski definition) is 3. The highest BCUT2D eigenvalue weighted by Gasteiger charge is 2.14. The molecule has 3 nitrogen and oxygen atoms in total. The van der Waals surface area contributed by atoms with Crippen molar-refractivity contribution in [2.24, 2.45) is 0 Å². The summed E-state index contributed by atoms with van der Waals surface area (Å²) in [6, 6.07) is 10.9. The zero-order valence-corrected chi connectivity index (χ0v) is 9.11. The van der Waals surface area contributed by atoms with Gasteiger partial charge in [-0.15, -0.1) is 0 Å². The number of pyridine rings is 1. The maximum Gasteiger partial charge on any atom is 0.0722 e. The minimum absolute atomic E-state index is 0.547. The Morgan fingerprint density at radius 1 is 1.25 bits per heavy atom. The number of benzene rings is 1. The van der Waals surface area contributed by atoms with E-state index >= 15 is 0 Å². The summed E-state index contributed by atoms with van der Waals surface area (Å²) < 4.78 is 0. The second kappa shape index (κ2) is 4.10. The molecule has 0 aliphatic carbocycles. The average Bonchev–Trinajstić information content (AvgIpc) is 2.82.